The molecule has 3 nitrogen and oxygen atoms in total. The minimum absolute atomic E-state index is 0.478. The van der Waals surface area contributed by atoms with Gasteiger partial charge < -0.3 is 4.57 Å². The van der Waals surface area contributed by atoms with Gasteiger partial charge in [0.15, 0.2) is 0 Å². The Morgan fingerprint density at radius 1 is 1.14 bits per heavy atom. The molecule has 0 radical (unpaired) electrons. The second-order valence-corrected chi connectivity index (χ2v) is 6.46. The van der Waals surface area contributed by atoms with Crippen LogP contribution in [-0.2, 0) is 7.05 Å². The molecule has 0 N–H and O–H groups in total. The maximum absolute atomic E-state index is 5.86. The van der Waals surface area contributed by atoms with E-state index in [0.717, 1.165) is 27.2 Å². The number of nitrogens with zero attached hydrogens (tertiary/aromatic N) is 3. The van der Waals surface area contributed by atoms with Gasteiger partial charge in [0, 0.05) is 24.4 Å². The van der Waals surface area contributed by atoms with Crippen LogP contribution in [0, 0.1) is 13.8 Å². The predicted molar refractivity (Wildman–Crippen MR) is 94.1 cm³/mol. The molecule has 112 valence electrons. The first-order chi connectivity index (χ1) is 10.5. The minimum Gasteiger partial charge on any atom is -0.321 e. The summed E-state index contributed by atoms with van der Waals surface area (Å²) in [6.45, 7) is 4.20. The molecule has 2 heterocycles. The molecule has 0 saturated carbocycles. The summed E-state index contributed by atoms with van der Waals surface area (Å²) < 4.78 is 2.96. The smallest absolute Gasteiger partial charge is 0.142 e. The third kappa shape index (κ3) is 2.69. The van der Waals surface area contributed by atoms with Crippen LogP contribution in [0.25, 0.3) is 22.6 Å². The van der Waals surface area contributed by atoms with Crippen LogP contribution in [0.2, 0.25) is 5.15 Å². The molecule has 0 aliphatic carbocycles. The van der Waals surface area contributed by atoms with Crippen LogP contribution in [0.3, 0.4) is 0 Å². The van der Waals surface area contributed by atoms with Crippen LogP contribution in [0.5, 0.6) is 0 Å². The van der Waals surface area contributed by atoms with E-state index in [4.69, 9.17) is 16.6 Å². The van der Waals surface area contributed by atoms with E-state index in [9.17, 15) is 0 Å². The van der Waals surface area contributed by atoms with Crippen molar-refractivity contribution in [1.29, 1.82) is 0 Å². The van der Waals surface area contributed by atoms with Crippen molar-refractivity contribution in [2.24, 2.45) is 7.05 Å². The molecule has 22 heavy (non-hydrogen) atoms. The Hall–Kier alpha value is -1.65. The van der Waals surface area contributed by atoms with Gasteiger partial charge in [-0.3, -0.25) is 0 Å². The van der Waals surface area contributed by atoms with Crippen LogP contribution in [0.1, 0.15) is 11.1 Å². The summed E-state index contributed by atoms with van der Waals surface area (Å²) in [5.74, 6) is 0.853. The summed E-state index contributed by atoms with van der Waals surface area (Å²) in [6.07, 6.45) is 1.74. The van der Waals surface area contributed by atoms with Gasteiger partial charge in [-0.25, -0.2) is 9.97 Å². The lowest BCUT2D eigenvalue weighted by molar-refractivity contribution is 0.901. The van der Waals surface area contributed by atoms with Crippen molar-refractivity contribution in [3.8, 4) is 22.6 Å². The largest absolute Gasteiger partial charge is 0.321 e. The minimum atomic E-state index is 0.478. The van der Waals surface area contributed by atoms with Gasteiger partial charge in [0.05, 0.1) is 0 Å². The summed E-state index contributed by atoms with van der Waals surface area (Å²) in [5.41, 5.74) is 5.45. The molecule has 0 atom stereocenters. The fraction of sp³-hybridized carbons (Fsp3) is 0.176. The quantitative estimate of drug-likeness (QED) is 0.577. The zero-order valence-electron chi connectivity index (χ0n) is 12.6. The molecule has 0 aliphatic rings. The second kappa shape index (κ2) is 5.86. The van der Waals surface area contributed by atoms with Crippen molar-refractivity contribution in [2.75, 3.05) is 0 Å². The van der Waals surface area contributed by atoms with Crippen LogP contribution in [0.15, 0.2) is 41.1 Å². The van der Waals surface area contributed by atoms with Crippen LogP contribution in [0.4, 0.5) is 0 Å². The topological polar surface area (TPSA) is 30.7 Å². The number of hydrogen-bond acceptors (Lipinski definition) is 2. The first-order valence-electron chi connectivity index (χ1n) is 6.89. The zero-order chi connectivity index (χ0) is 15.9. The molecule has 0 amide bonds. The Morgan fingerprint density at radius 3 is 2.55 bits per heavy atom. The molecule has 3 rings (SSSR count). The predicted octanol–water partition coefficient (Wildman–Crippen LogP) is 5.18. The van der Waals surface area contributed by atoms with Gasteiger partial charge in [-0.05, 0) is 47.5 Å². The first kappa shape index (κ1) is 15.3. The fourth-order valence-electron chi connectivity index (χ4n) is 2.50. The molecule has 3 aromatic rings. The SMILES string of the molecule is Cc1ccc(-c2nc(-c3ccc(Cl)nc3)n(C)c2Br)c(C)c1. The van der Waals surface area contributed by atoms with Crippen molar-refractivity contribution < 1.29 is 0 Å². The van der Waals surface area contributed by atoms with E-state index in [2.05, 4.69) is 53.0 Å². The molecule has 0 aliphatic heterocycles. The molecule has 5 heteroatoms. The van der Waals surface area contributed by atoms with Crippen molar-refractivity contribution in [2.45, 2.75) is 13.8 Å². The maximum atomic E-state index is 5.86. The average molecular weight is 377 g/mol. The van der Waals surface area contributed by atoms with Gasteiger partial charge >= 0.3 is 0 Å². The van der Waals surface area contributed by atoms with E-state index in [1.807, 2.05) is 17.7 Å². The summed E-state index contributed by atoms with van der Waals surface area (Å²) >= 11 is 9.52. The molecule has 1 aromatic carbocycles. The maximum Gasteiger partial charge on any atom is 0.142 e. The van der Waals surface area contributed by atoms with Gasteiger partial charge in [0.25, 0.3) is 0 Å². The number of hydrogen-bond donors (Lipinski definition) is 0. The lowest BCUT2D eigenvalue weighted by atomic mass is 10.0. The molecule has 2 aromatic heterocycles. The monoisotopic (exact) mass is 375 g/mol. The molecular formula is C17H15BrClN3. The zero-order valence-corrected chi connectivity index (χ0v) is 14.9. The van der Waals surface area contributed by atoms with E-state index >= 15 is 0 Å². The molecule has 0 spiro atoms. The number of rotatable bonds is 2. The van der Waals surface area contributed by atoms with Crippen molar-refractivity contribution >= 4 is 27.5 Å². The number of benzene rings is 1. The van der Waals surface area contributed by atoms with Gasteiger partial charge in [0.1, 0.15) is 21.3 Å². The summed E-state index contributed by atoms with van der Waals surface area (Å²) in [6, 6.07) is 10.1. The van der Waals surface area contributed by atoms with Crippen molar-refractivity contribution in [3.05, 3.63) is 57.4 Å². The van der Waals surface area contributed by atoms with E-state index in [1.54, 1.807) is 12.3 Å². The van der Waals surface area contributed by atoms with Crippen molar-refractivity contribution in [3.63, 3.8) is 0 Å². The Morgan fingerprint density at radius 2 is 1.91 bits per heavy atom. The third-order valence-electron chi connectivity index (χ3n) is 3.65. The Balaban J connectivity index is 2.15. The normalized spacial score (nSPS) is 11.0. The van der Waals surface area contributed by atoms with E-state index in [0.29, 0.717) is 5.15 Å². The standard InChI is InChI=1S/C17H15BrClN3/c1-10-4-6-13(11(2)8-10)15-16(18)22(3)17(21-15)12-5-7-14(19)20-9-12/h4-9H,1-3H3. The molecule has 0 fully saturated rings. The number of imidazole rings is 1. The Kier molecular flexibility index (Phi) is 4.06. The highest BCUT2D eigenvalue weighted by molar-refractivity contribution is 9.10. The lowest BCUT2D eigenvalue weighted by Crippen LogP contribution is -1.93. The van der Waals surface area contributed by atoms with Gasteiger partial charge in [0.2, 0.25) is 0 Å². The summed E-state index contributed by atoms with van der Waals surface area (Å²) in [4.78, 5) is 8.94. The van der Waals surface area contributed by atoms with Crippen LogP contribution < -0.4 is 0 Å². The fourth-order valence-corrected chi connectivity index (χ4v) is 3.08. The number of halogens is 2. The number of pyridine rings is 1. The van der Waals surface area contributed by atoms with Gasteiger partial charge in [-0.15, -0.1) is 0 Å². The third-order valence-corrected chi connectivity index (χ3v) is 4.78. The Labute approximate surface area is 143 Å². The number of aromatic nitrogens is 3. The van der Waals surface area contributed by atoms with Gasteiger partial charge in [-0.2, -0.15) is 0 Å². The highest BCUT2D eigenvalue weighted by atomic mass is 79.9. The van der Waals surface area contributed by atoms with Gasteiger partial charge in [-0.1, -0.05) is 35.4 Å². The van der Waals surface area contributed by atoms with Crippen molar-refractivity contribution in [1.82, 2.24) is 14.5 Å². The second-order valence-electron chi connectivity index (χ2n) is 5.32. The molecule has 0 saturated heterocycles. The highest BCUT2D eigenvalue weighted by Crippen LogP contribution is 2.34. The van der Waals surface area contributed by atoms with E-state index in [-0.39, 0.29) is 0 Å². The van der Waals surface area contributed by atoms with Crippen LogP contribution in [-0.4, -0.2) is 14.5 Å². The highest BCUT2D eigenvalue weighted by Gasteiger charge is 2.17. The average Bonchev–Trinajstić information content (AvgIpc) is 2.77. The first-order valence-corrected chi connectivity index (χ1v) is 8.06. The van der Waals surface area contributed by atoms with E-state index in [1.165, 1.54) is 11.1 Å². The van der Waals surface area contributed by atoms with E-state index < -0.39 is 0 Å². The molecule has 0 unspecified atom stereocenters. The summed E-state index contributed by atoms with van der Waals surface area (Å²) in [5, 5.41) is 0.478. The Bertz CT molecular complexity index is 838. The lowest BCUT2D eigenvalue weighted by Gasteiger charge is -2.04. The summed E-state index contributed by atoms with van der Waals surface area (Å²) in [7, 11) is 1.98. The molecular weight excluding hydrogens is 362 g/mol. The number of aryl methyl sites for hydroxylation is 2. The van der Waals surface area contributed by atoms with Crippen LogP contribution >= 0.6 is 27.5 Å². The molecule has 0 bridgehead atoms.